The Hall–Kier alpha value is -1.87. The van der Waals surface area contributed by atoms with Crippen molar-refractivity contribution in [1.29, 1.82) is 0 Å². The fourth-order valence-electron chi connectivity index (χ4n) is 2.91. The Balaban J connectivity index is 1.67. The molecule has 3 nitrogen and oxygen atoms in total. The Morgan fingerprint density at radius 1 is 1.33 bits per heavy atom. The van der Waals surface area contributed by atoms with Gasteiger partial charge in [0.2, 0.25) is 0 Å². The van der Waals surface area contributed by atoms with Crippen molar-refractivity contribution in [2.45, 2.75) is 38.7 Å². The molecular formula is C18H21NO2. The average molecular weight is 283 g/mol. The molecule has 0 saturated heterocycles. The molecule has 3 heteroatoms. The van der Waals surface area contributed by atoms with Crippen LogP contribution < -0.4 is 4.74 Å². The number of rotatable bonds is 5. The molecule has 1 N–H and O–H groups in total. The third-order valence-electron chi connectivity index (χ3n) is 4.14. The van der Waals surface area contributed by atoms with Crippen molar-refractivity contribution < 1.29 is 9.84 Å². The van der Waals surface area contributed by atoms with Gasteiger partial charge in [-0.1, -0.05) is 19.1 Å². The van der Waals surface area contributed by atoms with Crippen molar-refractivity contribution in [2.75, 3.05) is 6.61 Å². The zero-order chi connectivity index (χ0) is 14.7. The van der Waals surface area contributed by atoms with E-state index in [0.29, 0.717) is 0 Å². The number of benzene rings is 1. The van der Waals surface area contributed by atoms with Crippen LogP contribution in [0.1, 0.15) is 41.7 Å². The van der Waals surface area contributed by atoms with Crippen LogP contribution in [-0.4, -0.2) is 16.7 Å². The minimum Gasteiger partial charge on any atom is -0.493 e. The van der Waals surface area contributed by atoms with Crippen LogP contribution in [0.15, 0.2) is 36.7 Å². The lowest BCUT2D eigenvalue weighted by atomic mass is 9.97. The third kappa shape index (κ3) is 3.08. The van der Waals surface area contributed by atoms with E-state index in [-0.39, 0.29) is 0 Å². The first-order chi connectivity index (χ1) is 10.3. The fourth-order valence-corrected chi connectivity index (χ4v) is 2.91. The summed E-state index contributed by atoms with van der Waals surface area (Å²) in [4.78, 5) is 4.13. The summed E-state index contributed by atoms with van der Waals surface area (Å²) in [6.07, 6.45) is 6.69. The number of hydrogen-bond acceptors (Lipinski definition) is 3. The quantitative estimate of drug-likeness (QED) is 0.916. The third-order valence-corrected chi connectivity index (χ3v) is 4.14. The summed E-state index contributed by atoms with van der Waals surface area (Å²) in [5, 5.41) is 10.4. The van der Waals surface area contributed by atoms with Gasteiger partial charge in [-0.3, -0.25) is 4.98 Å². The highest BCUT2D eigenvalue weighted by atomic mass is 16.5. The molecule has 1 atom stereocenters. The first kappa shape index (κ1) is 14.1. The molecule has 21 heavy (non-hydrogen) atoms. The second-order valence-electron chi connectivity index (χ2n) is 5.52. The van der Waals surface area contributed by atoms with E-state index in [2.05, 4.69) is 24.0 Å². The number of hydrogen-bond donors (Lipinski definition) is 1. The molecule has 110 valence electrons. The SMILES string of the molecule is CCc1cnccc1C(O)CCc1ccc2c(c1)CCO2. The first-order valence-electron chi connectivity index (χ1n) is 7.63. The van der Waals surface area contributed by atoms with Crippen LogP contribution >= 0.6 is 0 Å². The van der Waals surface area contributed by atoms with Gasteiger partial charge in [0.25, 0.3) is 0 Å². The molecule has 2 heterocycles. The van der Waals surface area contributed by atoms with Gasteiger partial charge in [0, 0.05) is 18.8 Å². The minimum atomic E-state index is -0.424. The number of aryl methyl sites for hydroxylation is 2. The molecule has 3 rings (SSSR count). The highest BCUT2D eigenvalue weighted by Crippen LogP contribution is 2.28. The molecule has 0 fully saturated rings. The Bertz CT molecular complexity index is 624. The van der Waals surface area contributed by atoms with Gasteiger partial charge >= 0.3 is 0 Å². The summed E-state index contributed by atoms with van der Waals surface area (Å²) in [6.45, 7) is 2.88. The maximum atomic E-state index is 10.4. The molecule has 0 radical (unpaired) electrons. The fraction of sp³-hybridized carbons (Fsp3) is 0.389. The van der Waals surface area contributed by atoms with Crippen LogP contribution in [-0.2, 0) is 19.3 Å². The van der Waals surface area contributed by atoms with E-state index in [4.69, 9.17) is 4.74 Å². The molecule has 1 unspecified atom stereocenters. The van der Waals surface area contributed by atoms with Crippen molar-refractivity contribution in [3.8, 4) is 5.75 Å². The number of aliphatic hydroxyl groups is 1. The zero-order valence-electron chi connectivity index (χ0n) is 12.4. The smallest absolute Gasteiger partial charge is 0.122 e. The number of aliphatic hydroxyl groups excluding tert-OH is 1. The Morgan fingerprint density at radius 3 is 3.10 bits per heavy atom. The predicted octanol–water partition coefficient (Wildman–Crippen LogP) is 3.25. The molecule has 1 aromatic carbocycles. The molecule has 0 saturated carbocycles. The number of fused-ring (bicyclic) bond motifs is 1. The lowest BCUT2D eigenvalue weighted by Crippen LogP contribution is -2.04. The van der Waals surface area contributed by atoms with Crippen LogP contribution in [0, 0.1) is 0 Å². The summed E-state index contributed by atoms with van der Waals surface area (Å²) in [5.41, 5.74) is 4.70. The molecule has 0 bridgehead atoms. The topological polar surface area (TPSA) is 42.4 Å². The van der Waals surface area contributed by atoms with Gasteiger partial charge in [-0.05, 0) is 53.6 Å². The molecule has 1 aliphatic heterocycles. The summed E-state index contributed by atoms with van der Waals surface area (Å²) in [7, 11) is 0. The first-order valence-corrected chi connectivity index (χ1v) is 7.63. The van der Waals surface area contributed by atoms with E-state index in [1.807, 2.05) is 18.3 Å². The van der Waals surface area contributed by atoms with Gasteiger partial charge in [-0.25, -0.2) is 0 Å². The molecule has 1 aliphatic rings. The number of pyridine rings is 1. The van der Waals surface area contributed by atoms with E-state index in [9.17, 15) is 5.11 Å². The second-order valence-corrected chi connectivity index (χ2v) is 5.52. The number of ether oxygens (including phenoxy) is 1. The van der Waals surface area contributed by atoms with Crippen molar-refractivity contribution in [3.05, 3.63) is 58.9 Å². The van der Waals surface area contributed by atoms with E-state index < -0.39 is 6.10 Å². The summed E-state index contributed by atoms with van der Waals surface area (Å²) >= 11 is 0. The standard InChI is InChI=1S/C18H21NO2/c1-2-14-12-19-9-7-16(14)17(20)5-3-13-4-6-18-15(11-13)8-10-21-18/h4,6-7,9,11-12,17,20H,2-3,5,8,10H2,1H3. The van der Waals surface area contributed by atoms with Crippen LogP contribution in [0.2, 0.25) is 0 Å². The molecule has 0 aliphatic carbocycles. The van der Waals surface area contributed by atoms with Crippen LogP contribution in [0.25, 0.3) is 0 Å². The summed E-state index contributed by atoms with van der Waals surface area (Å²) in [6, 6.07) is 8.29. The largest absolute Gasteiger partial charge is 0.493 e. The Labute approximate surface area is 125 Å². The van der Waals surface area contributed by atoms with Gasteiger partial charge in [0.15, 0.2) is 0 Å². The molecule has 0 amide bonds. The maximum absolute atomic E-state index is 10.4. The lowest BCUT2D eigenvalue weighted by Gasteiger charge is -2.14. The predicted molar refractivity (Wildman–Crippen MR) is 82.5 cm³/mol. The zero-order valence-corrected chi connectivity index (χ0v) is 12.4. The molecule has 0 spiro atoms. The van der Waals surface area contributed by atoms with Crippen molar-refractivity contribution in [3.63, 3.8) is 0 Å². The van der Waals surface area contributed by atoms with Crippen LogP contribution in [0.3, 0.4) is 0 Å². The highest BCUT2D eigenvalue weighted by molar-refractivity contribution is 5.40. The van der Waals surface area contributed by atoms with E-state index in [0.717, 1.165) is 49.2 Å². The maximum Gasteiger partial charge on any atom is 0.122 e. The monoisotopic (exact) mass is 283 g/mol. The average Bonchev–Trinajstić information content (AvgIpc) is 3.00. The van der Waals surface area contributed by atoms with Crippen molar-refractivity contribution in [2.24, 2.45) is 0 Å². The number of aromatic nitrogens is 1. The van der Waals surface area contributed by atoms with E-state index in [1.54, 1.807) is 6.20 Å². The van der Waals surface area contributed by atoms with Crippen molar-refractivity contribution >= 4 is 0 Å². The van der Waals surface area contributed by atoms with Gasteiger partial charge in [0.1, 0.15) is 5.75 Å². The normalized spacial score (nSPS) is 14.6. The summed E-state index contributed by atoms with van der Waals surface area (Å²) < 4.78 is 5.52. The molecule has 1 aromatic heterocycles. The van der Waals surface area contributed by atoms with Crippen LogP contribution in [0.4, 0.5) is 0 Å². The Kier molecular flexibility index (Phi) is 4.20. The summed E-state index contributed by atoms with van der Waals surface area (Å²) in [5.74, 6) is 1.02. The van der Waals surface area contributed by atoms with Gasteiger partial charge in [-0.15, -0.1) is 0 Å². The highest BCUT2D eigenvalue weighted by Gasteiger charge is 2.14. The van der Waals surface area contributed by atoms with Gasteiger partial charge in [0.05, 0.1) is 12.7 Å². The minimum absolute atomic E-state index is 0.424. The van der Waals surface area contributed by atoms with Crippen molar-refractivity contribution in [1.82, 2.24) is 4.98 Å². The lowest BCUT2D eigenvalue weighted by molar-refractivity contribution is 0.166. The molecule has 2 aromatic rings. The van der Waals surface area contributed by atoms with E-state index >= 15 is 0 Å². The van der Waals surface area contributed by atoms with Gasteiger partial charge < -0.3 is 9.84 Å². The van der Waals surface area contributed by atoms with Gasteiger partial charge in [-0.2, -0.15) is 0 Å². The number of nitrogens with zero attached hydrogens (tertiary/aromatic N) is 1. The Morgan fingerprint density at radius 2 is 2.24 bits per heavy atom. The van der Waals surface area contributed by atoms with E-state index in [1.165, 1.54) is 11.1 Å². The van der Waals surface area contributed by atoms with Crippen LogP contribution in [0.5, 0.6) is 5.75 Å². The second kappa shape index (κ2) is 6.27. The molecular weight excluding hydrogens is 262 g/mol.